The maximum Gasteiger partial charge on any atom is 0.241 e. The molecule has 4 aromatic heterocycles. The molecule has 72 heavy (non-hydrogen) atoms. The maximum atomic E-state index is 13.8. The van der Waals surface area contributed by atoms with E-state index in [1.807, 2.05) is 86.8 Å². The molecule has 19 heteroatoms. The molecule has 17 nitrogen and oxygen atoms in total. The summed E-state index contributed by atoms with van der Waals surface area (Å²) in [6, 6.07) is 26.0. The zero-order valence-electron chi connectivity index (χ0n) is 40.2. The Kier molecular flexibility index (Phi) is 16.3. The van der Waals surface area contributed by atoms with E-state index in [0.717, 1.165) is 64.1 Å². The number of thioether (sulfide) groups is 1. The Labute approximate surface area is 428 Å². The number of anilines is 1. The number of nitrogens with zero attached hydrogens (tertiary/aromatic N) is 11. The summed E-state index contributed by atoms with van der Waals surface area (Å²) in [5.41, 5.74) is 10.00. The van der Waals surface area contributed by atoms with Gasteiger partial charge in [0.05, 0.1) is 18.7 Å². The van der Waals surface area contributed by atoms with Crippen LogP contribution in [0.1, 0.15) is 44.7 Å². The second-order valence-electron chi connectivity index (χ2n) is 17.7. The number of carbonyl (C=O) groups is 3. The predicted octanol–water partition coefficient (Wildman–Crippen LogP) is 7.85. The Bertz CT molecular complexity index is 3090. The van der Waals surface area contributed by atoms with Crippen LogP contribution in [0.4, 0.5) is 5.69 Å². The minimum atomic E-state index is -0.655. The number of aryl methyl sites for hydroxylation is 2. The largest absolute Gasteiger partial charge is 0.478 e. The molecule has 3 aliphatic rings. The molecule has 0 bridgehead atoms. The number of likely N-dealkylation sites (tertiary alicyclic amines) is 1. The molecular weight excluding hydrogens is 950 g/mol. The first-order valence-electron chi connectivity index (χ1n) is 23.6. The SMILES string of the molecule is C.CCOc1cc(-c2n[nH]c3ccc(NC(=O)[C@]4(SC)CCN(CC(=O)N5CC=C(c6ccc(-c7ncn(C)n7)cc6)CC5)C4)cc23)ccn1.Cn1cnc(-c2ccc(C3=CCN(C(=O)CCl)CC3)cc2)n1. The van der Waals surface area contributed by atoms with E-state index in [4.69, 9.17) is 16.3 Å². The molecule has 7 heterocycles. The van der Waals surface area contributed by atoms with Crippen molar-refractivity contribution in [1.29, 1.82) is 0 Å². The molecule has 0 spiro atoms. The maximum absolute atomic E-state index is 13.8. The topological polar surface area (TPSA) is 185 Å². The summed E-state index contributed by atoms with van der Waals surface area (Å²) in [5, 5.41) is 20.3. The number of halogens is 1. The Morgan fingerprint density at radius 3 is 1.89 bits per heavy atom. The average Bonchev–Trinajstić information content (AvgIpc) is 4.24. The fourth-order valence-corrected chi connectivity index (χ4v) is 10.1. The third kappa shape index (κ3) is 11.6. The van der Waals surface area contributed by atoms with Gasteiger partial charge in [0, 0.05) is 93.4 Å². The first-order chi connectivity index (χ1) is 34.5. The standard InChI is InChI=1S/C36H39N9O3S.C16H17ClN4O.CH4/c1-4-48-31-19-27(11-15-37-31)33-29-20-28(9-10-30(29)40-41-33)39-35(47)36(49-3)14-18-44(22-36)21-32(46)45-16-12-25(13-17-45)24-5-7-26(8-6-24)34-38-23-43(2)42-34;1-20-11-18-16(19-20)14-4-2-12(3-5-14)13-6-8-21(9-7-13)15(22)10-17;/h5-12,15,19-20,23H,4,13-14,16-18,21-22H2,1-3H3,(H,39,47)(H,40,41);2-6,11H,7-10H2,1H3;1H4/t36-;;/m0../s1. The number of hydrogen-bond acceptors (Lipinski definition) is 12. The smallest absolute Gasteiger partial charge is 0.241 e. The van der Waals surface area contributed by atoms with Gasteiger partial charge in [-0.15, -0.1) is 23.4 Å². The van der Waals surface area contributed by atoms with Gasteiger partial charge in [0.25, 0.3) is 0 Å². The van der Waals surface area contributed by atoms with Gasteiger partial charge in [-0.1, -0.05) is 68.1 Å². The van der Waals surface area contributed by atoms with E-state index in [1.165, 1.54) is 16.7 Å². The lowest BCUT2D eigenvalue weighted by atomic mass is 9.98. The number of hydrogen-bond donors (Lipinski definition) is 2. The number of fused-ring (bicyclic) bond motifs is 1. The van der Waals surface area contributed by atoms with Crippen LogP contribution in [0.25, 0.3) is 56.1 Å². The molecule has 0 unspecified atom stereocenters. The number of amides is 3. The second-order valence-corrected chi connectivity index (χ2v) is 19.1. The number of ether oxygens (including phenoxy) is 1. The number of benzene rings is 3. The number of aromatic amines is 1. The van der Waals surface area contributed by atoms with Crippen LogP contribution < -0.4 is 10.1 Å². The van der Waals surface area contributed by atoms with Crippen molar-refractivity contribution in [3.8, 4) is 39.9 Å². The average molecular weight is 1010 g/mol. The molecule has 0 radical (unpaired) electrons. The van der Waals surface area contributed by atoms with Crippen molar-refractivity contribution in [1.82, 2.24) is 59.4 Å². The summed E-state index contributed by atoms with van der Waals surface area (Å²) in [5.74, 6) is 2.04. The third-order valence-corrected chi connectivity index (χ3v) is 14.6. The highest BCUT2D eigenvalue weighted by atomic mass is 35.5. The van der Waals surface area contributed by atoms with Crippen molar-refractivity contribution in [2.45, 2.75) is 38.4 Å². The zero-order valence-corrected chi connectivity index (χ0v) is 41.8. The lowest BCUT2D eigenvalue weighted by Crippen LogP contribution is -2.45. The quantitative estimate of drug-likeness (QED) is 0.107. The van der Waals surface area contributed by atoms with Gasteiger partial charge >= 0.3 is 0 Å². The van der Waals surface area contributed by atoms with E-state index < -0.39 is 4.75 Å². The highest BCUT2D eigenvalue weighted by molar-refractivity contribution is 8.00. The number of rotatable bonds is 13. The van der Waals surface area contributed by atoms with Crippen LogP contribution in [0.15, 0.2) is 110 Å². The van der Waals surface area contributed by atoms with Crippen molar-refractivity contribution in [2.24, 2.45) is 14.1 Å². The van der Waals surface area contributed by atoms with Crippen LogP contribution in [0, 0.1) is 0 Å². The van der Waals surface area contributed by atoms with Gasteiger partial charge in [-0.2, -0.15) is 15.3 Å². The number of alkyl halides is 1. The summed E-state index contributed by atoms with van der Waals surface area (Å²) < 4.78 is 8.30. The lowest BCUT2D eigenvalue weighted by Gasteiger charge is -2.29. The molecule has 3 amide bonds. The normalized spacial score (nSPS) is 16.8. The van der Waals surface area contributed by atoms with Gasteiger partial charge in [0.2, 0.25) is 23.6 Å². The molecule has 1 saturated heterocycles. The number of carbonyl (C=O) groups excluding carboxylic acids is 3. The Morgan fingerprint density at radius 1 is 0.764 bits per heavy atom. The van der Waals surface area contributed by atoms with Crippen LogP contribution in [-0.4, -0.2) is 146 Å². The summed E-state index contributed by atoms with van der Waals surface area (Å²) in [6.45, 7) is 6.52. The van der Waals surface area contributed by atoms with Gasteiger partial charge in [0.1, 0.15) is 29.0 Å². The van der Waals surface area contributed by atoms with E-state index >= 15 is 0 Å². The van der Waals surface area contributed by atoms with E-state index in [9.17, 15) is 14.4 Å². The fraction of sp³-hybridized carbons (Fsp3) is 0.340. The molecule has 374 valence electrons. The number of nitrogens with one attached hydrogen (secondary N) is 2. The van der Waals surface area contributed by atoms with Crippen molar-refractivity contribution >= 4 is 68.8 Å². The van der Waals surface area contributed by atoms with Crippen LogP contribution >= 0.6 is 23.4 Å². The minimum absolute atomic E-state index is 0. The molecule has 0 aliphatic carbocycles. The molecule has 1 fully saturated rings. The summed E-state index contributed by atoms with van der Waals surface area (Å²) in [4.78, 5) is 57.4. The second kappa shape index (κ2) is 22.9. The molecular formula is C53H60ClN13O4S. The van der Waals surface area contributed by atoms with Crippen LogP contribution in [0.5, 0.6) is 5.88 Å². The fourth-order valence-electron chi connectivity index (χ4n) is 9.08. The molecule has 3 aliphatic heterocycles. The molecule has 7 aromatic rings. The van der Waals surface area contributed by atoms with Gasteiger partial charge in [-0.05, 0) is 79.0 Å². The van der Waals surface area contributed by atoms with Crippen LogP contribution in [-0.2, 0) is 28.5 Å². The van der Waals surface area contributed by atoms with Crippen molar-refractivity contribution in [3.05, 3.63) is 121 Å². The minimum Gasteiger partial charge on any atom is -0.478 e. The van der Waals surface area contributed by atoms with Crippen LogP contribution in [0.2, 0.25) is 0 Å². The van der Waals surface area contributed by atoms with E-state index in [2.05, 4.69) is 82.0 Å². The van der Waals surface area contributed by atoms with Crippen molar-refractivity contribution < 1.29 is 19.1 Å². The number of H-pyrrole nitrogens is 1. The third-order valence-electron chi connectivity index (χ3n) is 13.1. The van der Waals surface area contributed by atoms with Crippen LogP contribution in [0.3, 0.4) is 0 Å². The summed E-state index contributed by atoms with van der Waals surface area (Å²) in [6.07, 6.45) is 13.6. The molecule has 0 saturated carbocycles. The Morgan fingerprint density at radius 2 is 1.36 bits per heavy atom. The summed E-state index contributed by atoms with van der Waals surface area (Å²) >= 11 is 7.14. The van der Waals surface area contributed by atoms with Crippen molar-refractivity contribution in [2.75, 3.05) is 69.9 Å². The molecule has 10 rings (SSSR count). The molecule has 1 atom stereocenters. The van der Waals surface area contributed by atoms with Gasteiger partial charge < -0.3 is 19.9 Å². The van der Waals surface area contributed by atoms with Gasteiger partial charge in [0.15, 0.2) is 11.6 Å². The molecule has 2 N–H and O–H groups in total. The highest BCUT2D eigenvalue weighted by Crippen LogP contribution is 2.37. The van der Waals surface area contributed by atoms with Crippen molar-refractivity contribution in [3.63, 3.8) is 0 Å². The number of pyridine rings is 1. The Hall–Kier alpha value is -7.15. The van der Waals surface area contributed by atoms with E-state index in [1.54, 1.807) is 44.9 Å². The summed E-state index contributed by atoms with van der Waals surface area (Å²) in [7, 11) is 3.71. The lowest BCUT2D eigenvalue weighted by molar-refractivity contribution is -0.132. The highest BCUT2D eigenvalue weighted by Gasteiger charge is 2.45. The van der Waals surface area contributed by atoms with Gasteiger partial charge in [-0.25, -0.2) is 15.0 Å². The Balaban J connectivity index is 0.000000252. The van der Waals surface area contributed by atoms with E-state index in [0.29, 0.717) is 69.7 Å². The first kappa shape index (κ1) is 51.2. The monoisotopic (exact) mass is 1010 g/mol. The predicted molar refractivity (Wildman–Crippen MR) is 285 cm³/mol. The zero-order chi connectivity index (χ0) is 49.5. The molecule has 3 aromatic carbocycles. The number of aromatic nitrogens is 9. The first-order valence-corrected chi connectivity index (χ1v) is 25.4. The van der Waals surface area contributed by atoms with Gasteiger partial charge in [-0.3, -0.25) is 33.7 Å². The van der Waals surface area contributed by atoms with E-state index in [-0.39, 0.29) is 31.0 Å².